The van der Waals surface area contributed by atoms with E-state index in [0.29, 0.717) is 19.0 Å². The summed E-state index contributed by atoms with van der Waals surface area (Å²) in [5.74, 6) is -0.503. The first-order chi connectivity index (χ1) is 8.18. The largest absolute Gasteiger partial charge is 0.489 e. The normalized spacial score (nSPS) is 16.8. The maximum Gasteiger partial charge on any atom is 0.166 e. The molecule has 0 radical (unpaired) electrons. The molecule has 1 fully saturated rings. The number of benzene rings is 1. The third-order valence-corrected chi connectivity index (χ3v) is 2.79. The van der Waals surface area contributed by atoms with Crippen molar-refractivity contribution in [2.75, 3.05) is 13.2 Å². The third-order valence-electron chi connectivity index (χ3n) is 2.79. The van der Waals surface area contributed by atoms with Crippen LogP contribution in [0.1, 0.15) is 30.1 Å². The van der Waals surface area contributed by atoms with Gasteiger partial charge in [-0.15, -0.1) is 0 Å². The Balaban J connectivity index is 2.19. The minimum atomic E-state index is -0.526. The van der Waals surface area contributed by atoms with E-state index in [4.69, 9.17) is 9.47 Å². The summed E-state index contributed by atoms with van der Waals surface area (Å²) in [6.07, 6.45) is 1.55. The van der Waals surface area contributed by atoms with Gasteiger partial charge in [-0.2, -0.15) is 0 Å². The summed E-state index contributed by atoms with van der Waals surface area (Å²) in [6.45, 7) is 2.64. The van der Waals surface area contributed by atoms with Crippen LogP contribution in [0.25, 0.3) is 0 Å². The third kappa shape index (κ3) is 2.82. The molecular formula is C13H15FO3. The Morgan fingerprint density at radius 2 is 2.12 bits per heavy atom. The lowest BCUT2D eigenvalue weighted by atomic mass is 10.1. The highest BCUT2D eigenvalue weighted by Gasteiger charge is 2.20. The molecule has 0 amide bonds. The fraction of sp³-hybridized carbons (Fsp3) is 0.462. The number of halogens is 1. The molecule has 0 saturated carbocycles. The van der Waals surface area contributed by atoms with Crippen LogP contribution in [0.5, 0.6) is 5.75 Å². The maximum atomic E-state index is 13.5. The van der Waals surface area contributed by atoms with Crippen LogP contribution in [-0.4, -0.2) is 25.1 Å². The second-order valence-corrected chi connectivity index (χ2v) is 4.10. The van der Waals surface area contributed by atoms with Gasteiger partial charge in [0.25, 0.3) is 0 Å². The van der Waals surface area contributed by atoms with Crippen molar-refractivity contribution in [1.82, 2.24) is 0 Å². The van der Waals surface area contributed by atoms with E-state index < -0.39 is 5.82 Å². The second kappa shape index (κ2) is 5.27. The number of Topliss-reactive ketones (excluding diaryl/α,β-unsaturated/α-hetero) is 1. The SMILES string of the molecule is CC(=O)c1c(F)cccc1OC1CCOCC1. The van der Waals surface area contributed by atoms with Crippen molar-refractivity contribution < 1.29 is 18.7 Å². The van der Waals surface area contributed by atoms with Crippen molar-refractivity contribution in [3.63, 3.8) is 0 Å². The minimum Gasteiger partial charge on any atom is -0.489 e. The molecule has 0 atom stereocenters. The zero-order chi connectivity index (χ0) is 12.3. The predicted octanol–water partition coefficient (Wildman–Crippen LogP) is 2.59. The van der Waals surface area contributed by atoms with Crippen molar-refractivity contribution >= 4 is 5.78 Å². The summed E-state index contributed by atoms with van der Waals surface area (Å²) < 4.78 is 24.4. The first-order valence-corrected chi connectivity index (χ1v) is 5.72. The lowest BCUT2D eigenvalue weighted by molar-refractivity contribution is 0.0251. The molecule has 1 saturated heterocycles. The standard InChI is InChI=1S/C13H15FO3/c1-9(15)13-11(14)3-2-4-12(13)17-10-5-7-16-8-6-10/h2-4,10H,5-8H2,1H3. The second-order valence-electron chi connectivity index (χ2n) is 4.10. The average molecular weight is 238 g/mol. The summed E-state index contributed by atoms with van der Waals surface area (Å²) in [5, 5.41) is 0. The molecule has 0 aliphatic carbocycles. The van der Waals surface area contributed by atoms with Gasteiger partial charge < -0.3 is 9.47 Å². The summed E-state index contributed by atoms with van der Waals surface area (Å²) >= 11 is 0. The zero-order valence-corrected chi connectivity index (χ0v) is 9.74. The number of hydrogen-bond acceptors (Lipinski definition) is 3. The molecule has 1 aromatic carbocycles. The molecule has 1 aliphatic rings. The van der Waals surface area contributed by atoms with E-state index in [1.165, 1.54) is 13.0 Å². The first-order valence-electron chi connectivity index (χ1n) is 5.72. The van der Waals surface area contributed by atoms with Gasteiger partial charge in [-0.1, -0.05) is 6.07 Å². The van der Waals surface area contributed by atoms with E-state index in [0.717, 1.165) is 12.8 Å². The monoisotopic (exact) mass is 238 g/mol. The molecule has 92 valence electrons. The number of carbonyl (C=O) groups is 1. The maximum absolute atomic E-state index is 13.5. The van der Waals surface area contributed by atoms with E-state index in [-0.39, 0.29) is 17.5 Å². The van der Waals surface area contributed by atoms with Crippen LogP contribution >= 0.6 is 0 Å². The Hall–Kier alpha value is -1.42. The van der Waals surface area contributed by atoms with Gasteiger partial charge in [0.15, 0.2) is 5.78 Å². The molecule has 2 rings (SSSR count). The molecule has 1 aliphatic heterocycles. The number of carbonyl (C=O) groups excluding carboxylic acids is 1. The van der Waals surface area contributed by atoms with Crippen LogP contribution in [0, 0.1) is 5.82 Å². The number of hydrogen-bond donors (Lipinski definition) is 0. The Labute approximate surface area is 99.5 Å². The molecule has 17 heavy (non-hydrogen) atoms. The van der Waals surface area contributed by atoms with Gasteiger partial charge in [0.2, 0.25) is 0 Å². The summed E-state index contributed by atoms with van der Waals surface area (Å²) in [4.78, 5) is 11.4. The van der Waals surface area contributed by atoms with Crippen LogP contribution in [0.2, 0.25) is 0 Å². The smallest absolute Gasteiger partial charge is 0.166 e. The predicted molar refractivity (Wildman–Crippen MR) is 60.9 cm³/mol. The van der Waals surface area contributed by atoms with Crippen LogP contribution in [0.3, 0.4) is 0 Å². The van der Waals surface area contributed by atoms with E-state index >= 15 is 0 Å². The van der Waals surface area contributed by atoms with Gasteiger partial charge in [-0.05, 0) is 19.1 Å². The quantitative estimate of drug-likeness (QED) is 0.759. The number of ether oxygens (including phenoxy) is 2. The molecule has 0 unspecified atom stereocenters. The van der Waals surface area contributed by atoms with Gasteiger partial charge in [0.05, 0.1) is 18.8 Å². The van der Waals surface area contributed by atoms with Gasteiger partial charge in [0, 0.05) is 12.8 Å². The molecule has 0 N–H and O–H groups in total. The van der Waals surface area contributed by atoms with Gasteiger partial charge in [-0.25, -0.2) is 4.39 Å². The Bertz CT molecular complexity index is 411. The molecule has 3 nitrogen and oxygen atoms in total. The molecular weight excluding hydrogens is 223 g/mol. The van der Waals surface area contributed by atoms with E-state index in [2.05, 4.69) is 0 Å². The van der Waals surface area contributed by atoms with Crippen molar-refractivity contribution in [2.24, 2.45) is 0 Å². The van der Waals surface area contributed by atoms with Crippen molar-refractivity contribution in [1.29, 1.82) is 0 Å². The number of ketones is 1. The Kier molecular flexibility index (Phi) is 3.74. The first kappa shape index (κ1) is 12.0. The summed E-state index contributed by atoms with van der Waals surface area (Å²) in [7, 11) is 0. The summed E-state index contributed by atoms with van der Waals surface area (Å²) in [5.41, 5.74) is 0.0407. The molecule has 1 aromatic rings. The van der Waals surface area contributed by atoms with E-state index in [1.807, 2.05) is 0 Å². The molecule has 0 aromatic heterocycles. The fourth-order valence-electron chi connectivity index (χ4n) is 1.92. The van der Waals surface area contributed by atoms with Gasteiger partial charge >= 0.3 is 0 Å². The Morgan fingerprint density at radius 1 is 1.41 bits per heavy atom. The highest BCUT2D eigenvalue weighted by atomic mass is 19.1. The van der Waals surface area contributed by atoms with Crippen LogP contribution < -0.4 is 4.74 Å². The molecule has 0 bridgehead atoms. The minimum absolute atomic E-state index is 0.00338. The fourth-order valence-corrected chi connectivity index (χ4v) is 1.92. The van der Waals surface area contributed by atoms with Gasteiger partial charge in [-0.3, -0.25) is 4.79 Å². The van der Waals surface area contributed by atoms with Gasteiger partial charge in [0.1, 0.15) is 17.7 Å². The lowest BCUT2D eigenvalue weighted by Gasteiger charge is -2.24. The lowest BCUT2D eigenvalue weighted by Crippen LogP contribution is -2.26. The molecule has 0 spiro atoms. The van der Waals surface area contributed by atoms with E-state index in [1.54, 1.807) is 12.1 Å². The van der Waals surface area contributed by atoms with Crippen LogP contribution in [0.15, 0.2) is 18.2 Å². The highest BCUT2D eigenvalue weighted by molar-refractivity contribution is 5.97. The summed E-state index contributed by atoms with van der Waals surface area (Å²) in [6, 6.07) is 4.46. The number of rotatable bonds is 3. The topological polar surface area (TPSA) is 35.5 Å². The Morgan fingerprint density at radius 3 is 2.76 bits per heavy atom. The molecule has 1 heterocycles. The van der Waals surface area contributed by atoms with E-state index in [9.17, 15) is 9.18 Å². The highest BCUT2D eigenvalue weighted by Crippen LogP contribution is 2.25. The van der Waals surface area contributed by atoms with Crippen LogP contribution in [0.4, 0.5) is 4.39 Å². The zero-order valence-electron chi connectivity index (χ0n) is 9.74. The average Bonchev–Trinajstić information content (AvgIpc) is 2.30. The van der Waals surface area contributed by atoms with Crippen molar-refractivity contribution in [3.05, 3.63) is 29.6 Å². The molecule has 4 heteroatoms. The van der Waals surface area contributed by atoms with Crippen LogP contribution in [-0.2, 0) is 4.74 Å². The van der Waals surface area contributed by atoms with Crippen molar-refractivity contribution in [2.45, 2.75) is 25.9 Å². The van der Waals surface area contributed by atoms with Crippen molar-refractivity contribution in [3.8, 4) is 5.75 Å².